The quantitative estimate of drug-likeness (QED) is 0.203. The van der Waals surface area contributed by atoms with Gasteiger partial charge in [0.25, 0.3) is 0 Å². The van der Waals surface area contributed by atoms with Gasteiger partial charge in [0, 0.05) is 31.5 Å². The minimum Gasteiger partial charge on any atom is -0.392 e. The predicted octanol–water partition coefficient (Wildman–Crippen LogP) is 6.64. The molecule has 0 radical (unpaired) electrons. The summed E-state index contributed by atoms with van der Waals surface area (Å²) >= 11 is 6.31. The Labute approximate surface area is 223 Å². The highest BCUT2D eigenvalue weighted by Gasteiger charge is 2.48. The Kier molecular flexibility index (Phi) is 16.2. The van der Waals surface area contributed by atoms with Gasteiger partial charge in [-0.05, 0) is 48.9 Å². The van der Waals surface area contributed by atoms with Crippen LogP contribution in [0.1, 0.15) is 96.3 Å². The van der Waals surface area contributed by atoms with Crippen LogP contribution in [0, 0.1) is 0 Å². The molecule has 5 atom stereocenters. The number of halogens is 1. The van der Waals surface area contributed by atoms with Gasteiger partial charge < -0.3 is 28.8 Å². The molecule has 1 unspecified atom stereocenters. The van der Waals surface area contributed by atoms with E-state index in [1.807, 2.05) is 18.2 Å². The second-order valence-corrected chi connectivity index (χ2v) is 10.0. The molecule has 1 N–H and O–H groups in total. The summed E-state index contributed by atoms with van der Waals surface area (Å²) in [5, 5.41) is 10.4. The van der Waals surface area contributed by atoms with Crippen LogP contribution in [-0.2, 0) is 30.3 Å². The third-order valence-corrected chi connectivity index (χ3v) is 6.92. The fourth-order valence-corrected chi connectivity index (χ4v) is 4.50. The molecule has 6 nitrogen and oxygen atoms in total. The molecule has 1 fully saturated rings. The molecule has 0 bridgehead atoms. The van der Waals surface area contributed by atoms with E-state index in [1.54, 1.807) is 0 Å². The van der Waals surface area contributed by atoms with Crippen molar-refractivity contribution in [1.82, 2.24) is 0 Å². The van der Waals surface area contributed by atoms with Crippen LogP contribution < -0.4 is 0 Å². The standard InChI is InChI=1S/C29H49ClO6/c1-5-9-15-32-21-25-27(33-16-10-6-2)29(35-18-12-8-4)28(34-17-11-7-3)26(36-25)22-13-14-24(30)23(19-22)20-31/h13-14,19,25-29,31H,5-12,15-18,20-21H2,1-4H3/t25-,26?,27-,28+,29+/m1/s1. The number of rotatable bonds is 19. The van der Waals surface area contributed by atoms with E-state index < -0.39 is 0 Å². The van der Waals surface area contributed by atoms with E-state index in [9.17, 15) is 5.11 Å². The summed E-state index contributed by atoms with van der Waals surface area (Å²) in [7, 11) is 0. The molecular weight excluding hydrogens is 480 g/mol. The lowest BCUT2D eigenvalue weighted by Crippen LogP contribution is -2.58. The Morgan fingerprint density at radius 1 is 0.778 bits per heavy atom. The highest BCUT2D eigenvalue weighted by atomic mass is 35.5. The van der Waals surface area contributed by atoms with E-state index in [2.05, 4.69) is 27.7 Å². The first kappa shape index (κ1) is 31.5. The van der Waals surface area contributed by atoms with Crippen LogP contribution in [0.15, 0.2) is 18.2 Å². The Morgan fingerprint density at radius 3 is 1.92 bits per heavy atom. The Morgan fingerprint density at radius 2 is 1.33 bits per heavy atom. The van der Waals surface area contributed by atoms with Gasteiger partial charge in [-0.1, -0.05) is 71.0 Å². The SMILES string of the molecule is CCCCOC[C@H]1OC(c2ccc(Cl)c(CO)c2)[C@H](OCCCC)[C@@H](OCCCC)[C@@H]1OCCCC. The van der Waals surface area contributed by atoms with Crippen LogP contribution in [-0.4, -0.2) is 62.6 Å². The number of aliphatic hydroxyl groups is 1. The average Bonchev–Trinajstić information content (AvgIpc) is 2.89. The van der Waals surface area contributed by atoms with Gasteiger partial charge >= 0.3 is 0 Å². The summed E-state index contributed by atoms with van der Waals surface area (Å²) in [6.07, 6.45) is 6.52. The van der Waals surface area contributed by atoms with Crippen LogP contribution in [0.3, 0.4) is 0 Å². The lowest BCUT2D eigenvalue weighted by molar-refractivity contribution is -0.268. The van der Waals surface area contributed by atoms with Crippen molar-refractivity contribution in [1.29, 1.82) is 0 Å². The molecule has 1 aromatic rings. The highest BCUT2D eigenvalue weighted by molar-refractivity contribution is 6.31. The lowest BCUT2D eigenvalue weighted by atomic mass is 9.89. The average molecular weight is 529 g/mol. The van der Waals surface area contributed by atoms with Gasteiger partial charge in [0.15, 0.2) is 0 Å². The van der Waals surface area contributed by atoms with Gasteiger partial charge in [0.1, 0.15) is 30.5 Å². The van der Waals surface area contributed by atoms with Crippen molar-refractivity contribution >= 4 is 11.6 Å². The zero-order valence-corrected chi connectivity index (χ0v) is 23.6. The van der Waals surface area contributed by atoms with Crippen LogP contribution >= 0.6 is 11.6 Å². The number of hydrogen-bond donors (Lipinski definition) is 1. The molecule has 1 heterocycles. The summed E-state index contributed by atoms with van der Waals surface area (Å²) in [4.78, 5) is 0. The van der Waals surface area contributed by atoms with Crippen LogP contribution in [0.2, 0.25) is 5.02 Å². The molecule has 1 aliphatic heterocycles. The van der Waals surface area contributed by atoms with Crippen molar-refractivity contribution in [3.63, 3.8) is 0 Å². The maximum absolute atomic E-state index is 9.84. The molecule has 1 aromatic carbocycles. The first-order valence-corrected chi connectivity index (χ1v) is 14.5. The van der Waals surface area contributed by atoms with Crippen molar-refractivity contribution in [2.24, 2.45) is 0 Å². The summed E-state index contributed by atoms with van der Waals surface area (Å²) in [5.74, 6) is 0. The van der Waals surface area contributed by atoms with E-state index in [4.69, 9.17) is 35.3 Å². The molecule has 7 heteroatoms. The maximum Gasteiger partial charge on any atom is 0.117 e. The summed E-state index contributed by atoms with van der Waals surface area (Å²) < 4.78 is 32.3. The smallest absolute Gasteiger partial charge is 0.117 e. The third kappa shape index (κ3) is 9.86. The van der Waals surface area contributed by atoms with E-state index in [0.717, 1.165) is 56.9 Å². The fourth-order valence-electron chi connectivity index (χ4n) is 4.32. The van der Waals surface area contributed by atoms with Crippen molar-refractivity contribution in [2.75, 3.05) is 33.0 Å². The van der Waals surface area contributed by atoms with E-state index in [1.165, 1.54) is 0 Å². The van der Waals surface area contributed by atoms with Crippen LogP contribution in [0.25, 0.3) is 0 Å². The number of hydrogen-bond acceptors (Lipinski definition) is 6. The fraction of sp³-hybridized carbons (Fsp3) is 0.793. The van der Waals surface area contributed by atoms with Crippen LogP contribution in [0.4, 0.5) is 0 Å². The van der Waals surface area contributed by atoms with Crippen molar-refractivity contribution in [2.45, 2.75) is 116 Å². The molecule has 0 aromatic heterocycles. The molecule has 0 amide bonds. The summed E-state index contributed by atoms with van der Waals surface area (Å²) in [5.41, 5.74) is 1.59. The zero-order valence-electron chi connectivity index (χ0n) is 22.9. The minimum atomic E-state index is -0.387. The minimum absolute atomic E-state index is 0.135. The molecule has 0 spiro atoms. The van der Waals surface area contributed by atoms with Gasteiger partial charge in [0.2, 0.25) is 0 Å². The predicted molar refractivity (Wildman–Crippen MR) is 145 cm³/mol. The monoisotopic (exact) mass is 528 g/mol. The second kappa shape index (κ2) is 18.5. The van der Waals surface area contributed by atoms with Gasteiger partial charge in [-0.3, -0.25) is 0 Å². The molecule has 208 valence electrons. The molecule has 1 aliphatic rings. The van der Waals surface area contributed by atoms with Gasteiger partial charge in [0.05, 0.1) is 13.2 Å². The second-order valence-electron chi connectivity index (χ2n) is 9.60. The number of unbranched alkanes of at least 4 members (excludes halogenated alkanes) is 4. The summed E-state index contributed by atoms with van der Waals surface area (Å²) in [6, 6.07) is 5.69. The van der Waals surface area contributed by atoms with Crippen molar-refractivity contribution < 1.29 is 28.8 Å². The zero-order chi connectivity index (χ0) is 26.2. The van der Waals surface area contributed by atoms with Gasteiger partial charge in [-0.2, -0.15) is 0 Å². The maximum atomic E-state index is 9.84. The Balaban J connectivity index is 2.42. The van der Waals surface area contributed by atoms with Crippen molar-refractivity contribution in [3.8, 4) is 0 Å². The molecule has 2 rings (SSSR count). The molecule has 36 heavy (non-hydrogen) atoms. The van der Waals surface area contributed by atoms with Crippen molar-refractivity contribution in [3.05, 3.63) is 34.3 Å². The Bertz CT molecular complexity index is 702. The first-order chi connectivity index (χ1) is 17.6. The number of ether oxygens (including phenoxy) is 5. The summed E-state index contributed by atoms with van der Waals surface area (Å²) in [6.45, 7) is 11.5. The third-order valence-electron chi connectivity index (χ3n) is 6.55. The first-order valence-electron chi connectivity index (χ1n) is 14.1. The molecule has 0 aliphatic carbocycles. The molecule has 0 saturated carbocycles. The number of aliphatic hydroxyl groups excluding tert-OH is 1. The van der Waals surface area contributed by atoms with E-state index >= 15 is 0 Å². The topological polar surface area (TPSA) is 66.4 Å². The molecule has 1 saturated heterocycles. The number of benzene rings is 1. The normalized spacial score (nSPS) is 24.3. The van der Waals surface area contributed by atoms with E-state index in [-0.39, 0.29) is 37.1 Å². The highest BCUT2D eigenvalue weighted by Crippen LogP contribution is 2.38. The van der Waals surface area contributed by atoms with Gasteiger partial charge in [-0.25, -0.2) is 0 Å². The van der Waals surface area contributed by atoms with Crippen LogP contribution in [0.5, 0.6) is 0 Å². The lowest BCUT2D eigenvalue weighted by Gasteiger charge is -2.46. The molecular formula is C29H49ClO6. The Hall–Kier alpha value is -0.730. The van der Waals surface area contributed by atoms with E-state index in [0.29, 0.717) is 43.6 Å². The largest absolute Gasteiger partial charge is 0.392 e. The van der Waals surface area contributed by atoms with Gasteiger partial charge in [-0.15, -0.1) is 0 Å².